The fourth-order valence-corrected chi connectivity index (χ4v) is 2.93. The molecule has 0 heterocycles. The molecular weight excluding hydrogens is 316 g/mol. The van der Waals surface area contributed by atoms with Gasteiger partial charge in [0.25, 0.3) is 5.91 Å². The number of benzene rings is 2. The third kappa shape index (κ3) is 4.54. The lowest BCUT2D eigenvalue weighted by Crippen LogP contribution is -2.22. The molecule has 2 N–H and O–H groups in total. The first kappa shape index (κ1) is 17.0. The number of amides is 1. The van der Waals surface area contributed by atoms with E-state index in [1.165, 1.54) is 13.1 Å². The Morgan fingerprint density at radius 2 is 1.83 bits per heavy atom. The van der Waals surface area contributed by atoms with Gasteiger partial charge in [0.1, 0.15) is 5.75 Å². The molecule has 0 atom stereocenters. The van der Waals surface area contributed by atoms with Gasteiger partial charge in [0.2, 0.25) is 10.0 Å². The van der Waals surface area contributed by atoms with Crippen LogP contribution in [-0.4, -0.2) is 28.0 Å². The van der Waals surface area contributed by atoms with Crippen LogP contribution in [0.3, 0.4) is 0 Å². The number of hydrogen-bond donors (Lipinski definition) is 2. The van der Waals surface area contributed by atoms with Crippen molar-refractivity contribution in [3.8, 4) is 5.75 Å². The molecule has 122 valence electrons. The molecule has 2 aromatic rings. The highest BCUT2D eigenvalue weighted by Gasteiger charge is 2.15. The van der Waals surface area contributed by atoms with Crippen LogP contribution in [0.25, 0.3) is 0 Å². The standard InChI is InChI=1S/C16H18N2O4S/c1-12-8-9-13(10-15(12)23(20,21)17-2)18-16(19)11-22-14-6-4-3-5-7-14/h3-10,17H,11H2,1-2H3,(H,18,19). The van der Waals surface area contributed by atoms with Crippen LogP contribution >= 0.6 is 0 Å². The van der Waals surface area contributed by atoms with Crippen LogP contribution in [0.15, 0.2) is 53.4 Å². The summed E-state index contributed by atoms with van der Waals surface area (Å²) in [4.78, 5) is 12.0. The Morgan fingerprint density at radius 1 is 1.13 bits per heavy atom. The van der Waals surface area contributed by atoms with Crippen molar-refractivity contribution in [3.63, 3.8) is 0 Å². The van der Waals surface area contributed by atoms with Gasteiger partial charge in [-0.3, -0.25) is 4.79 Å². The maximum atomic E-state index is 11.9. The highest BCUT2D eigenvalue weighted by molar-refractivity contribution is 7.89. The number of carbonyl (C=O) groups is 1. The van der Waals surface area contributed by atoms with E-state index < -0.39 is 10.0 Å². The molecule has 2 rings (SSSR count). The molecule has 0 aliphatic heterocycles. The van der Waals surface area contributed by atoms with Crippen molar-refractivity contribution in [2.24, 2.45) is 0 Å². The quantitative estimate of drug-likeness (QED) is 0.845. The van der Waals surface area contributed by atoms with E-state index in [9.17, 15) is 13.2 Å². The van der Waals surface area contributed by atoms with Gasteiger partial charge in [-0.05, 0) is 43.8 Å². The summed E-state index contributed by atoms with van der Waals surface area (Å²) in [6, 6.07) is 13.7. The summed E-state index contributed by atoms with van der Waals surface area (Å²) >= 11 is 0. The van der Waals surface area contributed by atoms with Crippen molar-refractivity contribution >= 4 is 21.6 Å². The number of carbonyl (C=O) groups excluding carboxylic acids is 1. The molecule has 7 heteroatoms. The predicted molar refractivity (Wildman–Crippen MR) is 88.0 cm³/mol. The Morgan fingerprint density at radius 3 is 2.48 bits per heavy atom. The number of rotatable bonds is 6. The van der Waals surface area contributed by atoms with E-state index >= 15 is 0 Å². The van der Waals surface area contributed by atoms with Gasteiger partial charge in [-0.15, -0.1) is 0 Å². The lowest BCUT2D eigenvalue weighted by atomic mass is 10.2. The summed E-state index contributed by atoms with van der Waals surface area (Å²) in [5.74, 6) is 0.218. The van der Waals surface area contributed by atoms with Gasteiger partial charge in [0.05, 0.1) is 4.90 Å². The minimum absolute atomic E-state index is 0.127. The first-order chi connectivity index (χ1) is 10.9. The van der Waals surface area contributed by atoms with E-state index in [-0.39, 0.29) is 17.4 Å². The van der Waals surface area contributed by atoms with Gasteiger partial charge in [0.15, 0.2) is 6.61 Å². The van der Waals surface area contributed by atoms with Crippen LogP contribution in [0.2, 0.25) is 0 Å². The lowest BCUT2D eigenvalue weighted by Gasteiger charge is -2.11. The third-order valence-corrected chi connectivity index (χ3v) is 4.70. The normalized spacial score (nSPS) is 11.0. The lowest BCUT2D eigenvalue weighted by molar-refractivity contribution is -0.118. The maximum Gasteiger partial charge on any atom is 0.262 e. The zero-order valence-electron chi connectivity index (χ0n) is 12.9. The average molecular weight is 334 g/mol. The van der Waals surface area contributed by atoms with Crippen molar-refractivity contribution in [2.45, 2.75) is 11.8 Å². The molecule has 0 saturated heterocycles. The summed E-state index contributed by atoms with van der Waals surface area (Å²) in [6.07, 6.45) is 0. The van der Waals surface area contributed by atoms with Gasteiger partial charge in [-0.1, -0.05) is 24.3 Å². The Labute approximate surface area is 135 Å². The Bertz CT molecular complexity index is 789. The molecule has 0 radical (unpaired) electrons. The largest absolute Gasteiger partial charge is 0.484 e. The number of ether oxygens (including phenoxy) is 1. The smallest absolute Gasteiger partial charge is 0.262 e. The number of para-hydroxylation sites is 1. The summed E-state index contributed by atoms with van der Waals surface area (Å²) in [5.41, 5.74) is 0.990. The van der Waals surface area contributed by atoms with Gasteiger partial charge in [-0.2, -0.15) is 0 Å². The fourth-order valence-electron chi connectivity index (χ4n) is 1.94. The molecular formula is C16H18N2O4S. The molecule has 6 nitrogen and oxygen atoms in total. The topological polar surface area (TPSA) is 84.5 Å². The fraction of sp³-hybridized carbons (Fsp3) is 0.188. The van der Waals surface area contributed by atoms with Crippen LogP contribution in [-0.2, 0) is 14.8 Å². The van der Waals surface area contributed by atoms with Crippen molar-refractivity contribution in [1.29, 1.82) is 0 Å². The predicted octanol–water partition coefficient (Wildman–Crippen LogP) is 1.92. The van der Waals surface area contributed by atoms with Gasteiger partial charge >= 0.3 is 0 Å². The highest BCUT2D eigenvalue weighted by atomic mass is 32.2. The Balaban J connectivity index is 2.05. The van der Waals surface area contributed by atoms with Crippen LogP contribution < -0.4 is 14.8 Å². The Kier molecular flexibility index (Phi) is 5.36. The second-order valence-electron chi connectivity index (χ2n) is 4.84. The number of aryl methyl sites for hydroxylation is 1. The molecule has 0 bridgehead atoms. The van der Waals surface area contributed by atoms with E-state index in [0.29, 0.717) is 17.0 Å². The summed E-state index contributed by atoms with van der Waals surface area (Å²) in [6.45, 7) is 1.53. The summed E-state index contributed by atoms with van der Waals surface area (Å²) in [5, 5.41) is 2.62. The van der Waals surface area contributed by atoms with E-state index in [1.54, 1.807) is 31.2 Å². The van der Waals surface area contributed by atoms with E-state index in [0.717, 1.165) is 0 Å². The summed E-state index contributed by atoms with van der Waals surface area (Å²) in [7, 11) is -2.23. The van der Waals surface area contributed by atoms with Gasteiger partial charge in [-0.25, -0.2) is 13.1 Å². The maximum absolute atomic E-state index is 11.9. The van der Waals surface area contributed by atoms with E-state index in [4.69, 9.17) is 4.74 Å². The van der Waals surface area contributed by atoms with Crippen LogP contribution in [0, 0.1) is 6.92 Å². The molecule has 0 fully saturated rings. The van der Waals surface area contributed by atoms with Crippen LogP contribution in [0.5, 0.6) is 5.75 Å². The first-order valence-electron chi connectivity index (χ1n) is 6.94. The number of nitrogens with one attached hydrogen (secondary N) is 2. The molecule has 23 heavy (non-hydrogen) atoms. The second kappa shape index (κ2) is 7.26. The first-order valence-corrected chi connectivity index (χ1v) is 8.42. The van der Waals surface area contributed by atoms with E-state index in [1.807, 2.05) is 18.2 Å². The number of sulfonamides is 1. The van der Waals surface area contributed by atoms with Crippen molar-refractivity contribution in [2.75, 3.05) is 19.0 Å². The molecule has 0 aliphatic rings. The molecule has 0 aromatic heterocycles. The zero-order chi connectivity index (χ0) is 16.9. The molecule has 1 amide bonds. The average Bonchev–Trinajstić information content (AvgIpc) is 2.55. The minimum atomic E-state index is -3.57. The Hall–Kier alpha value is -2.38. The van der Waals surface area contributed by atoms with Crippen molar-refractivity contribution in [1.82, 2.24) is 4.72 Å². The molecule has 0 spiro atoms. The molecule has 0 saturated carbocycles. The van der Waals surface area contributed by atoms with Gasteiger partial charge in [0, 0.05) is 5.69 Å². The second-order valence-corrected chi connectivity index (χ2v) is 6.69. The van der Waals surface area contributed by atoms with Crippen molar-refractivity contribution < 1.29 is 17.9 Å². The molecule has 0 unspecified atom stereocenters. The highest BCUT2D eigenvalue weighted by Crippen LogP contribution is 2.20. The van der Waals surface area contributed by atoms with Crippen molar-refractivity contribution in [3.05, 3.63) is 54.1 Å². The van der Waals surface area contributed by atoms with Crippen LogP contribution in [0.4, 0.5) is 5.69 Å². The minimum Gasteiger partial charge on any atom is -0.484 e. The third-order valence-electron chi connectivity index (χ3n) is 3.14. The summed E-state index contributed by atoms with van der Waals surface area (Å²) < 4.78 is 31.4. The van der Waals surface area contributed by atoms with Crippen LogP contribution in [0.1, 0.15) is 5.56 Å². The number of anilines is 1. The van der Waals surface area contributed by atoms with E-state index in [2.05, 4.69) is 10.0 Å². The SMILES string of the molecule is CNS(=O)(=O)c1cc(NC(=O)COc2ccccc2)ccc1C. The molecule has 0 aliphatic carbocycles. The zero-order valence-corrected chi connectivity index (χ0v) is 13.7. The molecule has 2 aromatic carbocycles. The monoisotopic (exact) mass is 334 g/mol. The van der Waals surface area contributed by atoms with Gasteiger partial charge < -0.3 is 10.1 Å². The number of hydrogen-bond acceptors (Lipinski definition) is 4.